The molecule has 0 unspecified atom stereocenters. The number of hydrogen-bond donors (Lipinski definition) is 0. The van der Waals surface area contributed by atoms with Crippen molar-refractivity contribution in [2.45, 2.75) is 6.42 Å². The number of fused-ring (bicyclic) bond motifs is 1. The van der Waals surface area contributed by atoms with E-state index < -0.39 is 0 Å². The summed E-state index contributed by atoms with van der Waals surface area (Å²) in [5, 5.41) is 0. The summed E-state index contributed by atoms with van der Waals surface area (Å²) in [6, 6.07) is 14.4. The first-order valence-electron chi connectivity index (χ1n) is 4.28. The molecular formula is C13H9. The average molecular weight is 165 g/mol. The minimum absolute atomic E-state index is 0.605. The molecule has 0 fully saturated rings. The fourth-order valence-corrected chi connectivity index (χ4v) is 1.53. The van der Waals surface area contributed by atoms with Crippen LogP contribution in [0.1, 0.15) is 5.56 Å². The maximum absolute atomic E-state index is 6.95. The average Bonchev–Trinajstić information content (AvgIpc) is 2.38. The summed E-state index contributed by atoms with van der Waals surface area (Å²) in [6.45, 7) is 0. The van der Waals surface area contributed by atoms with Crippen LogP contribution in [0.15, 0.2) is 42.5 Å². The van der Waals surface area contributed by atoms with Gasteiger partial charge in [-0.25, -0.2) is 0 Å². The van der Waals surface area contributed by atoms with Gasteiger partial charge >= 0.3 is 0 Å². The highest BCUT2D eigenvalue weighted by molar-refractivity contribution is 5.70. The highest BCUT2D eigenvalue weighted by Gasteiger charge is 2.05. The smallest absolute Gasteiger partial charge is 0.0356 e. The fourth-order valence-electron chi connectivity index (χ4n) is 1.53. The van der Waals surface area contributed by atoms with Gasteiger partial charge in [-0.05, 0) is 23.1 Å². The van der Waals surface area contributed by atoms with Crippen LogP contribution in [0.25, 0.3) is 11.1 Å². The molecule has 0 amide bonds. The van der Waals surface area contributed by atoms with Crippen LogP contribution in [0.5, 0.6) is 0 Å². The summed E-state index contributed by atoms with van der Waals surface area (Å²) in [5.41, 5.74) is 3.64. The second kappa shape index (κ2) is 3.33. The van der Waals surface area contributed by atoms with E-state index in [0.717, 1.165) is 0 Å². The van der Waals surface area contributed by atoms with E-state index in [4.69, 9.17) is 6.42 Å². The second-order valence-corrected chi connectivity index (χ2v) is 2.99. The van der Waals surface area contributed by atoms with Crippen molar-refractivity contribution in [1.29, 1.82) is 0 Å². The molecule has 0 aromatic heterocycles. The summed E-state index contributed by atoms with van der Waals surface area (Å²) in [5.74, 6) is 2.42. The van der Waals surface area contributed by atoms with E-state index in [9.17, 15) is 0 Å². The molecule has 0 atom stereocenters. The molecule has 0 N–H and O–H groups in total. The summed E-state index contributed by atoms with van der Waals surface area (Å²) in [4.78, 5) is 0. The van der Waals surface area contributed by atoms with Gasteiger partial charge in [0.1, 0.15) is 0 Å². The van der Waals surface area contributed by atoms with Crippen molar-refractivity contribution in [1.82, 2.24) is 0 Å². The molecular weight excluding hydrogens is 156 g/mol. The van der Waals surface area contributed by atoms with Crippen LogP contribution in [-0.2, 0) is 6.42 Å². The fraction of sp³-hybridized carbons (Fsp3) is 0.0769. The molecule has 0 heterocycles. The predicted molar refractivity (Wildman–Crippen MR) is 53.9 cm³/mol. The number of hydrogen-bond acceptors (Lipinski definition) is 0. The predicted octanol–water partition coefficient (Wildman–Crippen LogP) is 2.92. The van der Waals surface area contributed by atoms with Crippen molar-refractivity contribution in [3.05, 3.63) is 54.5 Å². The van der Waals surface area contributed by atoms with Gasteiger partial charge in [-0.2, -0.15) is 0 Å². The molecule has 0 bridgehead atoms. The molecule has 0 heteroatoms. The van der Waals surface area contributed by atoms with Crippen LogP contribution in [0.3, 0.4) is 0 Å². The van der Waals surface area contributed by atoms with E-state index in [1.165, 1.54) is 16.7 Å². The molecule has 2 aliphatic carbocycles. The normalized spacial score (nSPS) is 9.77. The molecule has 13 heavy (non-hydrogen) atoms. The Hall–Kier alpha value is -1.74. The molecule has 0 aliphatic heterocycles. The van der Waals surface area contributed by atoms with E-state index in [2.05, 4.69) is 30.2 Å². The van der Waals surface area contributed by atoms with Gasteiger partial charge in [-0.15, -0.1) is 0 Å². The van der Waals surface area contributed by atoms with Crippen molar-refractivity contribution in [3.8, 4) is 17.0 Å². The topological polar surface area (TPSA) is 0 Å². The Bertz CT molecular complexity index is 421. The van der Waals surface area contributed by atoms with Crippen LogP contribution >= 0.6 is 0 Å². The second-order valence-electron chi connectivity index (χ2n) is 2.99. The van der Waals surface area contributed by atoms with Gasteiger partial charge in [0.2, 0.25) is 0 Å². The molecule has 2 aliphatic rings. The zero-order chi connectivity index (χ0) is 9.10. The molecule has 0 aromatic carbocycles. The van der Waals surface area contributed by atoms with Crippen LogP contribution < -0.4 is 0 Å². The third kappa shape index (κ3) is 1.41. The molecule has 61 valence electrons. The van der Waals surface area contributed by atoms with Crippen molar-refractivity contribution >= 4 is 0 Å². The third-order valence-corrected chi connectivity index (χ3v) is 2.16. The zero-order valence-electron chi connectivity index (χ0n) is 7.25. The summed E-state index contributed by atoms with van der Waals surface area (Å²) < 4.78 is 0. The lowest BCUT2D eigenvalue weighted by Crippen LogP contribution is -1.78. The first-order chi connectivity index (χ1) is 6.42. The first kappa shape index (κ1) is 7.89. The minimum Gasteiger partial charge on any atom is -0.0843 e. The van der Waals surface area contributed by atoms with E-state index in [1.54, 1.807) is 0 Å². The largest absolute Gasteiger partial charge is 0.0843 e. The number of rotatable bonds is 1. The van der Waals surface area contributed by atoms with E-state index >= 15 is 0 Å². The van der Waals surface area contributed by atoms with Crippen molar-refractivity contribution in [3.63, 3.8) is 0 Å². The first-order valence-corrected chi connectivity index (χ1v) is 4.28. The Labute approximate surface area is 78.6 Å². The molecule has 0 saturated heterocycles. The molecule has 1 radical (unpaired) electrons. The van der Waals surface area contributed by atoms with Gasteiger partial charge in [0.05, 0.1) is 0 Å². The van der Waals surface area contributed by atoms with Gasteiger partial charge in [-0.1, -0.05) is 48.4 Å². The lowest BCUT2D eigenvalue weighted by molar-refractivity contribution is 1.35. The minimum atomic E-state index is 0.605. The van der Waals surface area contributed by atoms with Gasteiger partial charge in [0.15, 0.2) is 0 Å². The van der Waals surface area contributed by atoms with Crippen molar-refractivity contribution in [2.24, 2.45) is 0 Å². The lowest BCUT2D eigenvalue weighted by Gasteiger charge is -1.95. The Morgan fingerprint density at radius 3 is 2.69 bits per heavy atom. The van der Waals surface area contributed by atoms with Crippen molar-refractivity contribution in [2.75, 3.05) is 0 Å². The van der Waals surface area contributed by atoms with E-state index in [0.29, 0.717) is 6.42 Å². The monoisotopic (exact) mass is 165 g/mol. The van der Waals surface area contributed by atoms with Gasteiger partial charge in [0, 0.05) is 6.42 Å². The SMILES string of the molecule is [C]#CCc1ccc2cccccc1-2. The van der Waals surface area contributed by atoms with Gasteiger partial charge < -0.3 is 0 Å². The Morgan fingerprint density at radius 1 is 1.00 bits per heavy atom. The van der Waals surface area contributed by atoms with Gasteiger partial charge in [-0.3, -0.25) is 0 Å². The molecule has 0 aromatic rings. The Kier molecular flexibility index (Phi) is 2.02. The van der Waals surface area contributed by atoms with Gasteiger partial charge in [0.25, 0.3) is 0 Å². The summed E-state index contributed by atoms with van der Waals surface area (Å²) >= 11 is 0. The summed E-state index contributed by atoms with van der Waals surface area (Å²) in [7, 11) is 0. The summed E-state index contributed by atoms with van der Waals surface area (Å²) in [6.07, 6.45) is 7.56. The third-order valence-electron chi connectivity index (χ3n) is 2.16. The van der Waals surface area contributed by atoms with Crippen LogP contribution in [0.2, 0.25) is 0 Å². The standard InChI is InChI=1S/C13H9/c1-2-6-11-9-10-12-7-4-3-5-8-13(11)12/h3-5,7-10H,6H2. The van der Waals surface area contributed by atoms with Crippen LogP contribution in [0.4, 0.5) is 0 Å². The Morgan fingerprint density at radius 2 is 1.85 bits per heavy atom. The molecule has 0 spiro atoms. The van der Waals surface area contributed by atoms with E-state index in [1.807, 2.05) is 18.2 Å². The van der Waals surface area contributed by atoms with E-state index in [-0.39, 0.29) is 0 Å². The molecule has 0 saturated carbocycles. The Balaban J connectivity index is 2.56. The zero-order valence-corrected chi connectivity index (χ0v) is 7.25. The van der Waals surface area contributed by atoms with Crippen molar-refractivity contribution < 1.29 is 0 Å². The molecule has 2 rings (SSSR count). The highest BCUT2D eigenvalue weighted by Crippen LogP contribution is 2.26. The molecule has 0 nitrogen and oxygen atoms in total. The highest BCUT2D eigenvalue weighted by atomic mass is 14.1. The van der Waals surface area contributed by atoms with Crippen LogP contribution in [0, 0.1) is 12.3 Å². The van der Waals surface area contributed by atoms with Crippen LogP contribution in [-0.4, -0.2) is 0 Å². The maximum atomic E-state index is 6.95. The maximum Gasteiger partial charge on any atom is 0.0356 e. The lowest BCUT2D eigenvalue weighted by atomic mass is 10.1. The quantitative estimate of drug-likeness (QED) is 0.570.